The monoisotopic (exact) mass is 271 g/mol. The van der Waals surface area contributed by atoms with E-state index in [1.807, 2.05) is 0 Å². The van der Waals surface area contributed by atoms with E-state index in [1.54, 1.807) is 0 Å². The fourth-order valence-corrected chi connectivity index (χ4v) is 3.80. The molecule has 0 aliphatic heterocycles. The molecule has 1 heterocycles. The maximum absolute atomic E-state index is 6.66. The summed E-state index contributed by atoms with van der Waals surface area (Å²) in [6, 6.07) is 8.37. The molecule has 3 rings (SSSR count). The maximum Gasteiger partial charge on any atom is 0.111 e. The van der Waals surface area contributed by atoms with Crippen molar-refractivity contribution in [1.82, 2.24) is 9.55 Å². The zero-order chi connectivity index (χ0) is 14.4. The molecule has 0 radical (unpaired) electrons. The molecular weight excluding hydrogens is 246 g/mol. The fraction of sp³-hybridized carbons (Fsp3) is 0.588. The lowest BCUT2D eigenvalue weighted by Crippen LogP contribution is -2.40. The highest BCUT2D eigenvalue weighted by Crippen LogP contribution is 2.43. The number of aromatic nitrogens is 2. The van der Waals surface area contributed by atoms with Gasteiger partial charge in [0.1, 0.15) is 5.82 Å². The number of aryl methyl sites for hydroxylation is 1. The van der Waals surface area contributed by atoms with Gasteiger partial charge in [0, 0.05) is 18.5 Å². The molecule has 108 valence electrons. The predicted octanol–water partition coefficient (Wildman–Crippen LogP) is 3.51. The van der Waals surface area contributed by atoms with Crippen molar-refractivity contribution in [3.05, 3.63) is 30.1 Å². The zero-order valence-corrected chi connectivity index (χ0v) is 12.8. The molecule has 0 amide bonds. The minimum Gasteiger partial charge on any atom is -0.328 e. The van der Waals surface area contributed by atoms with Crippen molar-refractivity contribution in [2.75, 3.05) is 0 Å². The smallest absolute Gasteiger partial charge is 0.111 e. The first-order valence-electron chi connectivity index (χ1n) is 7.66. The Balaban J connectivity index is 1.95. The van der Waals surface area contributed by atoms with Gasteiger partial charge in [-0.1, -0.05) is 26.0 Å². The van der Waals surface area contributed by atoms with Crippen LogP contribution >= 0.6 is 0 Å². The van der Waals surface area contributed by atoms with Crippen molar-refractivity contribution >= 4 is 11.0 Å². The van der Waals surface area contributed by atoms with E-state index in [0.717, 1.165) is 37.1 Å². The minimum atomic E-state index is -0.0855. The van der Waals surface area contributed by atoms with Crippen LogP contribution in [0.4, 0.5) is 0 Å². The van der Waals surface area contributed by atoms with Gasteiger partial charge < -0.3 is 10.3 Å². The normalized spacial score (nSPS) is 25.4. The van der Waals surface area contributed by atoms with E-state index >= 15 is 0 Å². The molecule has 0 bridgehead atoms. The molecule has 1 aromatic heterocycles. The first-order chi connectivity index (χ1) is 9.42. The molecule has 1 saturated carbocycles. The van der Waals surface area contributed by atoms with Gasteiger partial charge in [-0.2, -0.15) is 0 Å². The summed E-state index contributed by atoms with van der Waals surface area (Å²) in [5, 5.41) is 0. The Labute approximate surface area is 121 Å². The number of nitrogens with zero attached hydrogens (tertiary/aromatic N) is 2. The van der Waals surface area contributed by atoms with E-state index in [1.165, 1.54) is 11.9 Å². The third kappa shape index (κ3) is 2.35. The summed E-state index contributed by atoms with van der Waals surface area (Å²) < 4.78 is 2.31. The van der Waals surface area contributed by atoms with Crippen molar-refractivity contribution in [3.63, 3.8) is 0 Å². The highest BCUT2D eigenvalue weighted by atomic mass is 15.1. The van der Waals surface area contributed by atoms with Gasteiger partial charge in [-0.05, 0) is 43.7 Å². The van der Waals surface area contributed by atoms with Crippen LogP contribution in [-0.2, 0) is 13.0 Å². The molecule has 1 atom stereocenters. The third-order valence-corrected chi connectivity index (χ3v) is 4.69. The molecule has 3 nitrogen and oxygen atoms in total. The number of imidazole rings is 1. The van der Waals surface area contributed by atoms with E-state index in [-0.39, 0.29) is 5.54 Å². The zero-order valence-electron chi connectivity index (χ0n) is 12.8. The minimum absolute atomic E-state index is 0.0855. The van der Waals surface area contributed by atoms with E-state index < -0.39 is 0 Å². The molecule has 0 saturated heterocycles. The second-order valence-corrected chi connectivity index (χ2v) is 7.14. The second kappa shape index (κ2) is 4.59. The highest BCUT2D eigenvalue weighted by Gasteiger charge is 2.41. The molecule has 2 N–H and O–H groups in total. The lowest BCUT2D eigenvalue weighted by molar-refractivity contribution is 0.330. The second-order valence-electron chi connectivity index (χ2n) is 7.14. The standard InChI is InChI=1S/C17H25N3/c1-4-20-14-8-6-5-7-13(14)19-15(20)11-17(18)10-9-16(2,3)12-17/h5-8H,4,9-12,18H2,1-3H3. The summed E-state index contributed by atoms with van der Waals surface area (Å²) in [6.07, 6.45) is 4.30. The van der Waals surface area contributed by atoms with E-state index in [0.29, 0.717) is 5.41 Å². The Morgan fingerprint density at radius 1 is 1.25 bits per heavy atom. The van der Waals surface area contributed by atoms with Gasteiger partial charge in [0.15, 0.2) is 0 Å². The van der Waals surface area contributed by atoms with Crippen LogP contribution < -0.4 is 5.73 Å². The number of fused-ring (bicyclic) bond motifs is 1. The van der Waals surface area contributed by atoms with Crippen molar-refractivity contribution < 1.29 is 0 Å². The average Bonchev–Trinajstić information content (AvgIpc) is 2.86. The first-order valence-corrected chi connectivity index (χ1v) is 7.66. The molecule has 2 aromatic rings. The Morgan fingerprint density at radius 3 is 2.65 bits per heavy atom. The Kier molecular flexibility index (Phi) is 3.13. The van der Waals surface area contributed by atoms with Gasteiger partial charge in [0.2, 0.25) is 0 Å². The number of rotatable bonds is 3. The molecule has 20 heavy (non-hydrogen) atoms. The fourth-order valence-electron chi connectivity index (χ4n) is 3.80. The number of hydrogen-bond donors (Lipinski definition) is 1. The molecular formula is C17H25N3. The summed E-state index contributed by atoms with van der Waals surface area (Å²) >= 11 is 0. The molecule has 1 aliphatic rings. The Morgan fingerprint density at radius 2 is 2.00 bits per heavy atom. The average molecular weight is 271 g/mol. The lowest BCUT2D eigenvalue weighted by atomic mass is 9.86. The van der Waals surface area contributed by atoms with Crippen LogP contribution in [0.25, 0.3) is 11.0 Å². The number of benzene rings is 1. The van der Waals surface area contributed by atoms with Gasteiger partial charge in [-0.15, -0.1) is 0 Å². The van der Waals surface area contributed by atoms with Gasteiger partial charge in [-0.3, -0.25) is 0 Å². The molecule has 1 fully saturated rings. The van der Waals surface area contributed by atoms with E-state index in [2.05, 4.69) is 49.6 Å². The van der Waals surface area contributed by atoms with Crippen LogP contribution in [0, 0.1) is 5.41 Å². The molecule has 1 aliphatic carbocycles. The highest BCUT2D eigenvalue weighted by molar-refractivity contribution is 5.75. The van der Waals surface area contributed by atoms with Crippen LogP contribution in [0.3, 0.4) is 0 Å². The number of hydrogen-bond acceptors (Lipinski definition) is 2. The van der Waals surface area contributed by atoms with Crippen molar-refractivity contribution in [2.24, 2.45) is 11.1 Å². The van der Waals surface area contributed by atoms with Crippen LogP contribution in [0.15, 0.2) is 24.3 Å². The number of nitrogens with two attached hydrogens (primary N) is 1. The number of para-hydroxylation sites is 2. The molecule has 0 spiro atoms. The Hall–Kier alpha value is -1.35. The largest absolute Gasteiger partial charge is 0.328 e. The summed E-state index contributed by atoms with van der Waals surface area (Å²) in [6.45, 7) is 7.78. The molecule has 1 unspecified atom stereocenters. The van der Waals surface area contributed by atoms with Gasteiger partial charge in [-0.25, -0.2) is 4.98 Å². The van der Waals surface area contributed by atoms with Crippen LogP contribution in [0.5, 0.6) is 0 Å². The van der Waals surface area contributed by atoms with Gasteiger partial charge in [0.05, 0.1) is 11.0 Å². The quantitative estimate of drug-likeness (QED) is 0.928. The molecule has 1 aromatic carbocycles. The van der Waals surface area contributed by atoms with Gasteiger partial charge in [0.25, 0.3) is 0 Å². The SMILES string of the molecule is CCn1c(CC2(N)CCC(C)(C)C2)nc2ccccc21. The Bertz CT molecular complexity index is 626. The van der Waals surface area contributed by atoms with Gasteiger partial charge >= 0.3 is 0 Å². The summed E-state index contributed by atoms with van der Waals surface area (Å²) in [4.78, 5) is 4.82. The summed E-state index contributed by atoms with van der Waals surface area (Å²) in [7, 11) is 0. The first kappa shape index (κ1) is 13.6. The topological polar surface area (TPSA) is 43.8 Å². The maximum atomic E-state index is 6.66. The van der Waals surface area contributed by atoms with Crippen LogP contribution in [0.2, 0.25) is 0 Å². The van der Waals surface area contributed by atoms with Crippen molar-refractivity contribution in [2.45, 2.75) is 58.5 Å². The van der Waals surface area contributed by atoms with Crippen molar-refractivity contribution in [3.8, 4) is 0 Å². The predicted molar refractivity (Wildman–Crippen MR) is 83.7 cm³/mol. The van der Waals surface area contributed by atoms with Crippen molar-refractivity contribution in [1.29, 1.82) is 0 Å². The lowest BCUT2D eigenvalue weighted by Gasteiger charge is -2.26. The summed E-state index contributed by atoms with van der Waals surface area (Å²) in [5.74, 6) is 1.15. The summed E-state index contributed by atoms with van der Waals surface area (Å²) in [5.41, 5.74) is 9.26. The third-order valence-electron chi connectivity index (χ3n) is 4.69. The van der Waals surface area contributed by atoms with Crippen LogP contribution in [-0.4, -0.2) is 15.1 Å². The van der Waals surface area contributed by atoms with E-state index in [4.69, 9.17) is 10.7 Å². The van der Waals surface area contributed by atoms with Crippen LogP contribution in [0.1, 0.15) is 45.9 Å². The van der Waals surface area contributed by atoms with E-state index in [9.17, 15) is 0 Å². The molecule has 3 heteroatoms.